The van der Waals surface area contributed by atoms with Crippen LogP contribution >= 0.6 is 0 Å². The van der Waals surface area contributed by atoms with Gasteiger partial charge in [0, 0.05) is 44.0 Å². The molecule has 0 radical (unpaired) electrons. The van der Waals surface area contributed by atoms with Crippen LogP contribution in [0.25, 0.3) is 0 Å². The van der Waals surface area contributed by atoms with Crippen molar-refractivity contribution >= 4 is 23.4 Å². The quantitative estimate of drug-likeness (QED) is 0.691. The first-order valence-electron chi connectivity index (χ1n) is 9.94. The average molecular weight is 399 g/mol. The molecule has 2 amide bonds. The number of hydrogen-bond acceptors (Lipinski definition) is 6. The minimum Gasteiger partial charge on any atom is -0.497 e. The van der Waals surface area contributed by atoms with E-state index in [9.17, 15) is 4.79 Å². The molecule has 0 atom stereocenters. The summed E-state index contributed by atoms with van der Waals surface area (Å²) in [6.07, 6.45) is 3.80. The number of nitrogens with one attached hydrogen (secondary N) is 3. The number of urea groups is 1. The van der Waals surface area contributed by atoms with Crippen LogP contribution in [0.2, 0.25) is 0 Å². The van der Waals surface area contributed by atoms with Crippen molar-refractivity contribution in [2.75, 3.05) is 36.7 Å². The number of carbonyl (C=O) groups excluding carboxylic acids is 1. The molecule has 0 spiro atoms. The Hall–Kier alpha value is -3.03. The number of amides is 2. The number of anilines is 3. The van der Waals surface area contributed by atoms with Gasteiger partial charge in [0.15, 0.2) is 0 Å². The molecule has 8 nitrogen and oxygen atoms in total. The van der Waals surface area contributed by atoms with Crippen LogP contribution in [0.4, 0.5) is 22.1 Å². The molecule has 2 aromatic rings. The summed E-state index contributed by atoms with van der Waals surface area (Å²) < 4.78 is 5.18. The number of carbonyl (C=O) groups is 1. The summed E-state index contributed by atoms with van der Waals surface area (Å²) in [4.78, 5) is 23.2. The van der Waals surface area contributed by atoms with Crippen LogP contribution in [0.1, 0.15) is 31.5 Å². The molecular formula is C21H30N6O2. The van der Waals surface area contributed by atoms with Crippen LogP contribution in [-0.4, -0.2) is 49.3 Å². The standard InChI is InChI=1S/C21H30N6O2/c1-14-22-19(13-20(23-14)27(2)3)24-15-8-10-16(11-9-15)25-21(28)26-17-6-5-7-18(12-17)29-4/h5-7,12-13,15-16H,8-11H2,1-4H3,(H,22,23,24)(H2,25,26,28). The normalized spacial score (nSPS) is 18.6. The highest BCUT2D eigenvalue weighted by Gasteiger charge is 2.23. The van der Waals surface area contributed by atoms with E-state index in [2.05, 4.69) is 25.9 Å². The lowest BCUT2D eigenvalue weighted by atomic mass is 9.91. The first kappa shape index (κ1) is 20.7. The second-order valence-corrected chi connectivity index (χ2v) is 7.58. The van der Waals surface area contributed by atoms with Crippen molar-refractivity contribution in [2.45, 2.75) is 44.7 Å². The minimum atomic E-state index is -0.184. The number of aromatic nitrogens is 2. The Bertz CT molecular complexity index is 834. The maximum absolute atomic E-state index is 12.3. The summed E-state index contributed by atoms with van der Waals surface area (Å²) in [7, 11) is 5.55. The molecule has 0 aliphatic heterocycles. The topological polar surface area (TPSA) is 91.4 Å². The zero-order valence-corrected chi connectivity index (χ0v) is 17.5. The largest absolute Gasteiger partial charge is 0.497 e. The molecular weight excluding hydrogens is 368 g/mol. The third kappa shape index (κ3) is 5.97. The molecule has 3 rings (SSSR count). The van der Waals surface area contributed by atoms with Gasteiger partial charge in [0.25, 0.3) is 0 Å². The maximum Gasteiger partial charge on any atom is 0.319 e. The van der Waals surface area contributed by atoms with E-state index in [-0.39, 0.29) is 12.1 Å². The van der Waals surface area contributed by atoms with E-state index in [1.807, 2.05) is 50.2 Å². The Balaban J connectivity index is 1.47. The number of rotatable bonds is 6. The van der Waals surface area contributed by atoms with Crippen LogP contribution in [0, 0.1) is 6.92 Å². The van der Waals surface area contributed by atoms with Crippen molar-refractivity contribution in [3.8, 4) is 5.75 Å². The molecule has 0 saturated heterocycles. The molecule has 1 saturated carbocycles. The highest BCUT2D eigenvalue weighted by atomic mass is 16.5. The van der Waals surface area contributed by atoms with Gasteiger partial charge in [-0.1, -0.05) is 6.07 Å². The lowest BCUT2D eigenvalue weighted by molar-refractivity contribution is 0.243. The number of ether oxygens (including phenoxy) is 1. The van der Waals surface area contributed by atoms with E-state index < -0.39 is 0 Å². The molecule has 1 aromatic heterocycles. The lowest BCUT2D eigenvalue weighted by Gasteiger charge is -2.30. The van der Waals surface area contributed by atoms with Crippen molar-refractivity contribution in [1.29, 1.82) is 0 Å². The van der Waals surface area contributed by atoms with Gasteiger partial charge < -0.3 is 25.6 Å². The van der Waals surface area contributed by atoms with Gasteiger partial charge in [-0.15, -0.1) is 0 Å². The van der Waals surface area contributed by atoms with Crippen LogP contribution in [0.5, 0.6) is 5.75 Å². The predicted molar refractivity (Wildman–Crippen MR) is 116 cm³/mol. The molecule has 1 heterocycles. The van der Waals surface area contributed by atoms with E-state index in [0.29, 0.717) is 17.5 Å². The number of benzene rings is 1. The van der Waals surface area contributed by atoms with Crippen LogP contribution in [0.15, 0.2) is 30.3 Å². The van der Waals surface area contributed by atoms with Crippen molar-refractivity contribution in [3.05, 3.63) is 36.2 Å². The van der Waals surface area contributed by atoms with Gasteiger partial charge in [0.05, 0.1) is 7.11 Å². The van der Waals surface area contributed by atoms with Crippen molar-refractivity contribution in [3.63, 3.8) is 0 Å². The molecule has 0 unspecified atom stereocenters. The first-order chi connectivity index (χ1) is 13.9. The summed E-state index contributed by atoms with van der Waals surface area (Å²) >= 11 is 0. The maximum atomic E-state index is 12.3. The summed E-state index contributed by atoms with van der Waals surface area (Å²) in [6.45, 7) is 1.90. The highest BCUT2D eigenvalue weighted by Crippen LogP contribution is 2.23. The van der Waals surface area contributed by atoms with Gasteiger partial charge in [0.1, 0.15) is 23.2 Å². The molecule has 0 bridgehead atoms. The van der Waals surface area contributed by atoms with E-state index in [1.165, 1.54) is 0 Å². The van der Waals surface area contributed by atoms with Gasteiger partial charge in [-0.2, -0.15) is 0 Å². The molecule has 156 valence electrons. The Labute approximate surface area is 172 Å². The summed E-state index contributed by atoms with van der Waals surface area (Å²) in [5.74, 6) is 3.22. The van der Waals surface area contributed by atoms with Crippen LogP contribution < -0.4 is 25.6 Å². The molecule has 3 N–H and O–H groups in total. The fraction of sp³-hybridized carbons (Fsp3) is 0.476. The van der Waals surface area contributed by atoms with E-state index in [4.69, 9.17) is 4.74 Å². The fourth-order valence-electron chi connectivity index (χ4n) is 3.50. The van der Waals surface area contributed by atoms with Crippen molar-refractivity contribution in [2.24, 2.45) is 0 Å². The van der Waals surface area contributed by atoms with Gasteiger partial charge in [0.2, 0.25) is 0 Å². The molecule has 1 aliphatic carbocycles. The van der Waals surface area contributed by atoms with E-state index >= 15 is 0 Å². The summed E-state index contributed by atoms with van der Waals surface area (Å²) in [5.41, 5.74) is 0.716. The molecule has 1 aromatic carbocycles. The van der Waals surface area contributed by atoms with Crippen molar-refractivity contribution < 1.29 is 9.53 Å². The van der Waals surface area contributed by atoms with E-state index in [1.54, 1.807) is 13.2 Å². The smallest absolute Gasteiger partial charge is 0.319 e. The van der Waals surface area contributed by atoms with Gasteiger partial charge in [-0.25, -0.2) is 14.8 Å². The Morgan fingerprint density at radius 1 is 1.10 bits per heavy atom. The average Bonchev–Trinajstić information content (AvgIpc) is 2.69. The Kier molecular flexibility index (Phi) is 6.74. The highest BCUT2D eigenvalue weighted by molar-refractivity contribution is 5.89. The van der Waals surface area contributed by atoms with Crippen molar-refractivity contribution in [1.82, 2.24) is 15.3 Å². The zero-order chi connectivity index (χ0) is 20.8. The fourth-order valence-corrected chi connectivity index (χ4v) is 3.50. The van der Waals surface area contributed by atoms with Gasteiger partial charge in [-0.05, 0) is 44.7 Å². The number of nitrogens with zero attached hydrogens (tertiary/aromatic N) is 3. The van der Waals surface area contributed by atoms with E-state index in [0.717, 1.165) is 43.1 Å². The Morgan fingerprint density at radius 3 is 2.52 bits per heavy atom. The van der Waals surface area contributed by atoms with Crippen LogP contribution in [0.3, 0.4) is 0 Å². The molecule has 29 heavy (non-hydrogen) atoms. The second kappa shape index (κ2) is 9.45. The first-order valence-corrected chi connectivity index (χ1v) is 9.94. The van der Waals surface area contributed by atoms with Crippen LogP contribution in [-0.2, 0) is 0 Å². The number of hydrogen-bond donors (Lipinski definition) is 3. The summed E-state index contributed by atoms with van der Waals surface area (Å²) in [6, 6.07) is 9.64. The van der Waals surface area contributed by atoms with Gasteiger partial charge in [-0.3, -0.25) is 0 Å². The SMILES string of the molecule is COc1cccc(NC(=O)NC2CCC(Nc3cc(N(C)C)nc(C)n3)CC2)c1. The third-order valence-corrected chi connectivity index (χ3v) is 5.02. The monoisotopic (exact) mass is 398 g/mol. The molecule has 1 fully saturated rings. The molecule has 8 heteroatoms. The Morgan fingerprint density at radius 2 is 1.83 bits per heavy atom. The molecule has 1 aliphatic rings. The predicted octanol–water partition coefficient (Wildman–Crippen LogP) is 3.40. The summed E-state index contributed by atoms with van der Waals surface area (Å²) in [5, 5.41) is 9.47. The lowest BCUT2D eigenvalue weighted by Crippen LogP contribution is -2.42. The second-order valence-electron chi connectivity index (χ2n) is 7.58. The number of methoxy groups -OCH3 is 1. The minimum absolute atomic E-state index is 0.170. The van der Waals surface area contributed by atoms with Gasteiger partial charge >= 0.3 is 6.03 Å². The third-order valence-electron chi connectivity index (χ3n) is 5.02. The zero-order valence-electron chi connectivity index (χ0n) is 17.5. The number of aryl methyl sites for hydroxylation is 1.